The number of carbonyl (C=O) groups excluding carboxylic acids is 1. The third-order valence-electron chi connectivity index (χ3n) is 5.45. The van der Waals surface area contributed by atoms with Crippen molar-refractivity contribution in [2.75, 3.05) is 13.7 Å². The molecule has 1 aliphatic heterocycles. The second-order valence-electron chi connectivity index (χ2n) is 7.78. The van der Waals surface area contributed by atoms with Crippen LogP contribution in [0, 0.1) is 11.3 Å². The van der Waals surface area contributed by atoms with E-state index in [2.05, 4.69) is 6.07 Å². The van der Waals surface area contributed by atoms with Crippen LogP contribution in [-0.2, 0) is 0 Å². The summed E-state index contributed by atoms with van der Waals surface area (Å²) in [5, 5.41) is 10.1. The lowest BCUT2D eigenvalue weighted by Crippen LogP contribution is -2.21. The maximum Gasteiger partial charge on any atom is 0.343 e. The highest BCUT2D eigenvalue weighted by Crippen LogP contribution is 2.44. The second-order valence-corrected chi connectivity index (χ2v) is 8.19. The predicted molar refractivity (Wildman–Crippen MR) is 131 cm³/mol. The molecule has 1 atom stereocenters. The smallest absolute Gasteiger partial charge is 0.343 e. The Hall–Kier alpha value is -4.15. The Bertz CT molecular complexity index is 1350. The van der Waals surface area contributed by atoms with Gasteiger partial charge in [0.15, 0.2) is 0 Å². The van der Waals surface area contributed by atoms with Crippen LogP contribution in [0.25, 0.3) is 0 Å². The van der Waals surface area contributed by atoms with E-state index in [-0.39, 0.29) is 17.2 Å². The number of nitriles is 1. The lowest BCUT2D eigenvalue weighted by Gasteiger charge is -2.27. The van der Waals surface area contributed by atoms with E-state index < -0.39 is 11.9 Å². The van der Waals surface area contributed by atoms with Gasteiger partial charge in [-0.1, -0.05) is 36.7 Å². The SMILES string of the molecule is CCCOc1cccc(C2C(C#N)=C(N)Oc3cc(OC(=O)c4ccc(OC)c(Cl)c4)ccc32)c1. The molecule has 178 valence electrons. The van der Waals surface area contributed by atoms with E-state index in [0.29, 0.717) is 34.5 Å². The highest BCUT2D eigenvalue weighted by molar-refractivity contribution is 6.32. The summed E-state index contributed by atoms with van der Waals surface area (Å²) >= 11 is 6.12. The highest BCUT2D eigenvalue weighted by atomic mass is 35.5. The molecular formula is C27H23ClN2O5. The van der Waals surface area contributed by atoms with Crippen molar-refractivity contribution in [1.82, 2.24) is 0 Å². The van der Waals surface area contributed by atoms with Crippen LogP contribution in [0.3, 0.4) is 0 Å². The summed E-state index contributed by atoms with van der Waals surface area (Å²) in [4.78, 5) is 12.7. The quantitative estimate of drug-likeness (QED) is 0.340. The van der Waals surface area contributed by atoms with E-state index in [4.69, 9.17) is 36.3 Å². The van der Waals surface area contributed by atoms with Gasteiger partial charge < -0.3 is 24.7 Å². The minimum absolute atomic E-state index is 0.00436. The molecule has 0 fully saturated rings. The van der Waals surface area contributed by atoms with Gasteiger partial charge in [-0.05, 0) is 48.4 Å². The molecule has 0 saturated heterocycles. The molecule has 35 heavy (non-hydrogen) atoms. The number of allylic oxidation sites excluding steroid dienone is 1. The fourth-order valence-corrected chi connectivity index (χ4v) is 4.06. The van der Waals surface area contributed by atoms with E-state index in [9.17, 15) is 10.1 Å². The van der Waals surface area contributed by atoms with Crippen molar-refractivity contribution in [3.63, 3.8) is 0 Å². The van der Waals surface area contributed by atoms with E-state index in [1.165, 1.54) is 13.2 Å². The Morgan fingerprint density at radius 1 is 1.14 bits per heavy atom. The second kappa shape index (κ2) is 10.4. The summed E-state index contributed by atoms with van der Waals surface area (Å²) in [5.74, 6) is 0.753. The molecule has 1 unspecified atom stereocenters. The number of hydrogen-bond acceptors (Lipinski definition) is 7. The molecular weight excluding hydrogens is 468 g/mol. The molecule has 3 aromatic carbocycles. The molecule has 0 saturated carbocycles. The average Bonchev–Trinajstić information content (AvgIpc) is 2.86. The number of nitrogens with two attached hydrogens (primary N) is 1. The first-order chi connectivity index (χ1) is 16.9. The molecule has 0 radical (unpaired) electrons. The fraction of sp³-hybridized carbons (Fsp3) is 0.185. The molecule has 1 heterocycles. The Balaban J connectivity index is 1.65. The molecule has 0 amide bonds. The molecule has 0 spiro atoms. The Morgan fingerprint density at radius 2 is 1.97 bits per heavy atom. The molecule has 3 aromatic rings. The number of fused-ring (bicyclic) bond motifs is 1. The van der Waals surface area contributed by atoms with Crippen LogP contribution in [0.15, 0.2) is 72.1 Å². The van der Waals surface area contributed by atoms with Crippen molar-refractivity contribution in [1.29, 1.82) is 5.26 Å². The van der Waals surface area contributed by atoms with E-state index >= 15 is 0 Å². The fourth-order valence-electron chi connectivity index (χ4n) is 3.81. The molecule has 0 aliphatic carbocycles. The van der Waals surface area contributed by atoms with Gasteiger partial charge in [0.2, 0.25) is 5.88 Å². The molecule has 0 bridgehead atoms. The topological polar surface area (TPSA) is 104 Å². The summed E-state index contributed by atoms with van der Waals surface area (Å²) in [6, 6.07) is 19.3. The van der Waals surface area contributed by atoms with Gasteiger partial charge in [-0.25, -0.2) is 4.79 Å². The van der Waals surface area contributed by atoms with Crippen molar-refractivity contribution < 1.29 is 23.7 Å². The molecule has 8 heteroatoms. The van der Waals surface area contributed by atoms with Gasteiger partial charge in [-0.2, -0.15) is 5.26 Å². The van der Waals surface area contributed by atoms with Crippen molar-refractivity contribution in [2.24, 2.45) is 5.73 Å². The zero-order valence-corrected chi connectivity index (χ0v) is 20.0. The average molecular weight is 491 g/mol. The number of ether oxygens (including phenoxy) is 4. The summed E-state index contributed by atoms with van der Waals surface area (Å²) in [6.45, 7) is 2.62. The van der Waals surface area contributed by atoms with Crippen LogP contribution in [0.1, 0.15) is 40.7 Å². The van der Waals surface area contributed by atoms with Crippen LogP contribution in [0.5, 0.6) is 23.0 Å². The third kappa shape index (κ3) is 5.03. The normalized spacial score (nSPS) is 14.4. The maximum atomic E-state index is 12.7. The van der Waals surface area contributed by atoms with E-state index in [1.807, 2.05) is 31.2 Å². The van der Waals surface area contributed by atoms with Crippen molar-refractivity contribution in [2.45, 2.75) is 19.3 Å². The Kier molecular flexibility index (Phi) is 7.14. The van der Waals surface area contributed by atoms with E-state index in [1.54, 1.807) is 30.3 Å². The number of nitrogens with zero attached hydrogens (tertiary/aromatic N) is 1. The predicted octanol–water partition coefficient (Wildman–Crippen LogP) is 5.57. The van der Waals surface area contributed by atoms with Gasteiger partial charge in [-0.3, -0.25) is 0 Å². The first-order valence-electron chi connectivity index (χ1n) is 10.9. The summed E-state index contributed by atoms with van der Waals surface area (Å²) < 4.78 is 22.1. The number of methoxy groups -OCH3 is 1. The monoisotopic (exact) mass is 490 g/mol. The minimum Gasteiger partial charge on any atom is -0.495 e. The molecule has 7 nitrogen and oxygen atoms in total. The van der Waals surface area contributed by atoms with Gasteiger partial charge >= 0.3 is 5.97 Å². The van der Waals surface area contributed by atoms with Crippen LogP contribution >= 0.6 is 11.6 Å². The van der Waals surface area contributed by atoms with Crippen LogP contribution in [-0.4, -0.2) is 19.7 Å². The van der Waals surface area contributed by atoms with Gasteiger partial charge in [0, 0.05) is 11.6 Å². The van der Waals surface area contributed by atoms with Gasteiger partial charge in [-0.15, -0.1) is 0 Å². The van der Waals surface area contributed by atoms with Gasteiger partial charge in [0.05, 0.1) is 30.2 Å². The number of rotatable bonds is 7. The number of esters is 1. The van der Waals surface area contributed by atoms with Crippen molar-refractivity contribution in [3.05, 3.63) is 93.8 Å². The summed E-state index contributed by atoms with van der Waals surface area (Å²) in [5.41, 5.74) is 8.22. The van der Waals surface area contributed by atoms with Gasteiger partial charge in [0.1, 0.15) is 34.6 Å². The van der Waals surface area contributed by atoms with Crippen molar-refractivity contribution in [3.8, 4) is 29.1 Å². The molecule has 1 aliphatic rings. The zero-order valence-electron chi connectivity index (χ0n) is 19.2. The Labute approximate surface area is 208 Å². The lowest BCUT2D eigenvalue weighted by molar-refractivity contribution is 0.0734. The number of carbonyl (C=O) groups is 1. The molecule has 0 aromatic heterocycles. The molecule has 2 N–H and O–H groups in total. The van der Waals surface area contributed by atoms with Gasteiger partial charge in [0.25, 0.3) is 0 Å². The maximum absolute atomic E-state index is 12.7. The van der Waals surface area contributed by atoms with Crippen LogP contribution in [0.2, 0.25) is 5.02 Å². The zero-order chi connectivity index (χ0) is 24.9. The summed E-state index contributed by atoms with van der Waals surface area (Å²) in [6.07, 6.45) is 0.880. The number of hydrogen-bond donors (Lipinski definition) is 1. The van der Waals surface area contributed by atoms with Crippen LogP contribution < -0.4 is 24.7 Å². The first-order valence-corrected chi connectivity index (χ1v) is 11.3. The summed E-state index contributed by atoms with van der Waals surface area (Å²) in [7, 11) is 1.49. The molecule has 4 rings (SSSR count). The lowest BCUT2D eigenvalue weighted by atomic mass is 9.83. The van der Waals surface area contributed by atoms with Crippen LogP contribution in [0.4, 0.5) is 0 Å². The standard InChI is InChI=1S/C27H23ClN2O5/c1-3-11-33-18-6-4-5-16(12-18)25-20-9-8-19(14-24(20)35-26(30)21(25)15-29)34-27(31)17-7-10-23(32-2)22(28)13-17/h4-10,12-14,25H,3,11,30H2,1-2H3. The largest absolute Gasteiger partial charge is 0.495 e. The first kappa shape index (κ1) is 24.0. The van der Waals surface area contributed by atoms with E-state index in [0.717, 1.165) is 17.5 Å². The minimum atomic E-state index is -0.594. The highest BCUT2D eigenvalue weighted by Gasteiger charge is 2.31. The van der Waals surface area contributed by atoms with Crippen molar-refractivity contribution >= 4 is 17.6 Å². The number of benzene rings is 3. The number of halogens is 1. The Morgan fingerprint density at radius 3 is 2.69 bits per heavy atom. The third-order valence-corrected chi connectivity index (χ3v) is 5.75.